The number of nitrogens with zero attached hydrogens (tertiary/aromatic N) is 3. The minimum Gasteiger partial charge on any atom is -0.329 e. The zero-order valence-electron chi connectivity index (χ0n) is 11.5. The van der Waals surface area contributed by atoms with Crippen LogP contribution in [0.2, 0.25) is 0 Å². The predicted octanol–water partition coefficient (Wildman–Crippen LogP) is 0.937. The quantitative estimate of drug-likeness (QED) is 0.861. The van der Waals surface area contributed by atoms with Gasteiger partial charge in [0.2, 0.25) is 0 Å². The van der Waals surface area contributed by atoms with Gasteiger partial charge < -0.3 is 10.6 Å². The Bertz CT molecular complexity index is 365. The van der Waals surface area contributed by atoms with Crippen LogP contribution >= 0.6 is 0 Å². The first-order chi connectivity index (χ1) is 8.66. The molecular weight excluding hydrogens is 224 g/mol. The molecule has 100 valence electrons. The lowest BCUT2D eigenvalue weighted by Crippen LogP contribution is -2.60. The Balaban J connectivity index is 2.02. The minimum absolute atomic E-state index is 0.139. The van der Waals surface area contributed by atoms with E-state index < -0.39 is 0 Å². The van der Waals surface area contributed by atoms with Crippen molar-refractivity contribution in [3.05, 3.63) is 30.1 Å². The second-order valence-corrected chi connectivity index (χ2v) is 5.50. The second-order valence-electron chi connectivity index (χ2n) is 5.50. The monoisotopic (exact) mass is 248 g/mol. The normalized spacial score (nSPS) is 25.6. The minimum atomic E-state index is 0.139. The topological polar surface area (TPSA) is 45.4 Å². The van der Waals surface area contributed by atoms with Crippen molar-refractivity contribution in [2.24, 2.45) is 5.73 Å². The lowest BCUT2D eigenvalue weighted by Gasteiger charge is -2.46. The van der Waals surface area contributed by atoms with Crippen molar-refractivity contribution in [3.63, 3.8) is 0 Å². The number of pyridine rings is 1. The molecule has 1 unspecified atom stereocenters. The van der Waals surface area contributed by atoms with E-state index in [9.17, 15) is 0 Å². The van der Waals surface area contributed by atoms with Gasteiger partial charge in [0.1, 0.15) is 0 Å². The maximum absolute atomic E-state index is 6.01. The highest BCUT2D eigenvalue weighted by molar-refractivity contribution is 5.09. The lowest BCUT2D eigenvalue weighted by molar-refractivity contribution is 0.0466. The highest BCUT2D eigenvalue weighted by Gasteiger charge is 2.35. The number of hydrogen-bond acceptors (Lipinski definition) is 4. The van der Waals surface area contributed by atoms with Gasteiger partial charge in [-0.25, -0.2) is 0 Å². The maximum atomic E-state index is 6.01. The zero-order chi connectivity index (χ0) is 13.0. The summed E-state index contributed by atoms with van der Waals surface area (Å²) < 4.78 is 0. The highest BCUT2D eigenvalue weighted by Crippen LogP contribution is 2.25. The van der Waals surface area contributed by atoms with Crippen molar-refractivity contribution in [2.45, 2.75) is 24.9 Å². The third-order valence-electron chi connectivity index (χ3n) is 4.09. The van der Waals surface area contributed by atoms with Crippen molar-refractivity contribution in [3.8, 4) is 0 Å². The summed E-state index contributed by atoms with van der Waals surface area (Å²) >= 11 is 0. The third-order valence-corrected chi connectivity index (χ3v) is 4.09. The van der Waals surface area contributed by atoms with Crippen molar-refractivity contribution in [2.75, 3.05) is 33.7 Å². The molecule has 4 heteroatoms. The van der Waals surface area contributed by atoms with Gasteiger partial charge >= 0.3 is 0 Å². The summed E-state index contributed by atoms with van der Waals surface area (Å²) in [6.45, 7) is 3.91. The second kappa shape index (κ2) is 5.78. The lowest BCUT2D eigenvalue weighted by atomic mass is 9.87. The summed E-state index contributed by atoms with van der Waals surface area (Å²) in [5.74, 6) is 0. The van der Waals surface area contributed by atoms with Crippen LogP contribution in [-0.4, -0.2) is 54.1 Å². The fraction of sp³-hybridized carbons (Fsp3) is 0.643. The third kappa shape index (κ3) is 2.88. The first-order valence-electron chi connectivity index (χ1n) is 6.65. The van der Waals surface area contributed by atoms with Crippen molar-refractivity contribution >= 4 is 0 Å². The molecular formula is C14H24N4. The Morgan fingerprint density at radius 3 is 2.94 bits per heavy atom. The molecule has 1 aliphatic heterocycles. The SMILES string of the molecule is CN(C)C1(CN)CCCN(Cc2cccnc2)C1. The van der Waals surface area contributed by atoms with E-state index in [1.807, 2.05) is 18.5 Å². The van der Waals surface area contributed by atoms with Crippen molar-refractivity contribution in [1.82, 2.24) is 14.8 Å². The standard InChI is InChI=1S/C14H24N4/c1-17(2)14(11-15)6-4-8-18(12-14)10-13-5-3-7-16-9-13/h3,5,7,9H,4,6,8,10-12,15H2,1-2H3. The average molecular weight is 248 g/mol. The molecule has 1 aliphatic rings. The van der Waals surface area contributed by atoms with E-state index >= 15 is 0 Å². The molecule has 1 atom stereocenters. The molecule has 2 rings (SSSR count). The van der Waals surface area contributed by atoms with E-state index in [1.54, 1.807) is 0 Å². The molecule has 0 amide bonds. The van der Waals surface area contributed by atoms with Gasteiger partial charge in [-0.05, 0) is 45.1 Å². The van der Waals surface area contributed by atoms with Crippen LogP contribution in [0.1, 0.15) is 18.4 Å². The molecule has 4 nitrogen and oxygen atoms in total. The molecule has 1 aromatic rings. The van der Waals surface area contributed by atoms with Crippen LogP contribution in [0.3, 0.4) is 0 Å². The molecule has 0 bridgehead atoms. The fourth-order valence-corrected chi connectivity index (χ4v) is 2.81. The van der Waals surface area contributed by atoms with Crippen LogP contribution in [0.25, 0.3) is 0 Å². The zero-order valence-corrected chi connectivity index (χ0v) is 11.5. The van der Waals surface area contributed by atoms with Gasteiger partial charge in [-0.1, -0.05) is 6.07 Å². The Morgan fingerprint density at radius 1 is 1.50 bits per heavy atom. The Morgan fingerprint density at radius 2 is 2.33 bits per heavy atom. The van der Waals surface area contributed by atoms with Gasteiger partial charge in [0.25, 0.3) is 0 Å². The average Bonchev–Trinajstić information content (AvgIpc) is 2.40. The number of hydrogen-bond donors (Lipinski definition) is 1. The summed E-state index contributed by atoms with van der Waals surface area (Å²) in [6.07, 6.45) is 6.19. The first-order valence-corrected chi connectivity index (χ1v) is 6.65. The van der Waals surface area contributed by atoms with Gasteiger partial charge in [-0.3, -0.25) is 9.88 Å². The van der Waals surface area contributed by atoms with Crippen LogP contribution in [-0.2, 0) is 6.54 Å². The molecule has 0 spiro atoms. The smallest absolute Gasteiger partial charge is 0.0453 e. The summed E-state index contributed by atoms with van der Waals surface area (Å²) in [4.78, 5) is 8.97. The van der Waals surface area contributed by atoms with E-state index in [0.29, 0.717) is 0 Å². The molecule has 1 aromatic heterocycles. The van der Waals surface area contributed by atoms with Gasteiger partial charge in [-0.15, -0.1) is 0 Å². The van der Waals surface area contributed by atoms with Gasteiger partial charge in [0.15, 0.2) is 0 Å². The highest BCUT2D eigenvalue weighted by atomic mass is 15.2. The molecule has 1 saturated heterocycles. The molecule has 0 radical (unpaired) electrons. The van der Waals surface area contributed by atoms with Gasteiger partial charge in [0.05, 0.1) is 0 Å². The van der Waals surface area contributed by atoms with Crippen LogP contribution in [0, 0.1) is 0 Å². The molecule has 1 fully saturated rings. The van der Waals surface area contributed by atoms with E-state index in [2.05, 4.69) is 34.9 Å². The molecule has 2 heterocycles. The van der Waals surface area contributed by atoms with Crippen LogP contribution < -0.4 is 5.73 Å². The Hall–Kier alpha value is -0.970. The molecule has 2 N–H and O–H groups in total. The summed E-state index contributed by atoms with van der Waals surface area (Å²) in [6, 6.07) is 4.14. The van der Waals surface area contributed by atoms with Crippen LogP contribution in [0.4, 0.5) is 0 Å². The number of likely N-dealkylation sites (N-methyl/N-ethyl adjacent to an activating group) is 1. The number of nitrogens with two attached hydrogens (primary N) is 1. The summed E-state index contributed by atoms with van der Waals surface area (Å²) in [7, 11) is 4.28. The molecule has 18 heavy (non-hydrogen) atoms. The van der Waals surface area contributed by atoms with Crippen LogP contribution in [0.15, 0.2) is 24.5 Å². The predicted molar refractivity (Wildman–Crippen MR) is 74.2 cm³/mol. The Kier molecular flexibility index (Phi) is 4.32. The van der Waals surface area contributed by atoms with E-state index in [-0.39, 0.29) is 5.54 Å². The van der Waals surface area contributed by atoms with Crippen molar-refractivity contribution < 1.29 is 0 Å². The Labute approximate surface area is 110 Å². The number of likely N-dealkylation sites (tertiary alicyclic amines) is 1. The number of aromatic nitrogens is 1. The van der Waals surface area contributed by atoms with Crippen molar-refractivity contribution in [1.29, 1.82) is 0 Å². The molecule has 0 aromatic carbocycles. The van der Waals surface area contributed by atoms with E-state index in [1.165, 1.54) is 18.4 Å². The molecule has 0 aliphatic carbocycles. The largest absolute Gasteiger partial charge is 0.329 e. The number of piperidine rings is 1. The van der Waals surface area contributed by atoms with Gasteiger partial charge in [-0.2, -0.15) is 0 Å². The first kappa shape index (κ1) is 13.5. The fourth-order valence-electron chi connectivity index (χ4n) is 2.81. The van der Waals surface area contributed by atoms with Gasteiger partial charge in [0, 0.05) is 37.6 Å². The maximum Gasteiger partial charge on any atom is 0.0453 e. The van der Waals surface area contributed by atoms with E-state index in [0.717, 1.165) is 26.2 Å². The molecule has 0 saturated carbocycles. The summed E-state index contributed by atoms with van der Waals surface area (Å²) in [5, 5.41) is 0. The van der Waals surface area contributed by atoms with E-state index in [4.69, 9.17) is 5.73 Å². The summed E-state index contributed by atoms with van der Waals surface area (Å²) in [5.41, 5.74) is 7.43. The number of rotatable bonds is 4. The van der Waals surface area contributed by atoms with Crippen LogP contribution in [0.5, 0.6) is 0 Å².